The number of aromatic nitrogens is 2. The van der Waals surface area contributed by atoms with Crippen molar-refractivity contribution < 1.29 is 34.0 Å². The van der Waals surface area contributed by atoms with Gasteiger partial charge in [0.2, 0.25) is 0 Å². The van der Waals surface area contributed by atoms with Crippen LogP contribution in [0.3, 0.4) is 0 Å². The second-order valence-electron chi connectivity index (χ2n) is 8.06. The van der Waals surface area contributed by atoms with Crippen LogP contribution >= 0.6 is 0 Å². The monoisotopic (exact) mass is 494 g/mol. The molecule has 9 nitrogen and oxygen atoms in total. The first kappa shape index (κ1) is 26.3. The van der Waals surface area contributed by atoms with Crippen LogP contribution < -0.4 is 9.47 Å². The Kier molecular flexibility index (Phi) is 8.72. The normalized spacial score (nSPS) is 11.3. The van der Waals surface area contributed by atoms with E-state index >= 15 is 0 Å². The van der Waals surface area contributed by atoms with Gasteiger partial charge < -0.3 is 24.4 Å². The molecule has 36 heavy (non-hydrogen) atoms. The number of hydrogen-bond donors (Lipinski definition) is 2. The molecule has 3 aromatic rings. The fraction of sp³-hybridized carbons (Fsp3) is 0.296. The van der Waals surface area contributed by atoms with Crippen LogP contribution in [-0.2, 0) is 22.4 Å². The lowest BCUT2D eigenvalue weighted by Crippen LogP contribution is -2.12. The quantitative estimate of drug-likeness (QED) is 0.297. The Bertz CT molecular complexity index is 1280. The number of aromatic hydroxyl groups is 1. The van der Waals surface area contributed by atoms with E-state index in [9.17, 15) is 19.8 Å². The van der Waals surface area contributed by atoms with Crippen LogP contribution in [0.5, 0.6) is 17.2 Å². The van der Waals surface area contributed by atoms with Crippen LogP contribution in [0.4, 0.5) is 0 Å². The highest BCUT2D eigenvalue weighted by atomic mass is 16.5. The summed E-state index contributed by atoms with van der Waals surface area (Å²) in [6.45, 7) is 2.06. The highest BCUT2D eigenvalue weighted by molar-refractivity contribution is 5.95. The molecule has 0 saturated carbocycles. The van der Waals surface area contributed by atoms with Crippen molar-refractivity contribution in [3.63, 3.8) is 0 Å². The number of carboxylic acids is 1. The molecule has 2 N–H and O–H groups in total. The van der Waals surface area contributed by atoms with E-state index < -0.39 is 11.9 Å². The summed E-state index contributed by atoms with van der Waals surface area (Å²) in [4.78, 5) is 29.4. The number of aryl methyl sites for hydroxylation is 1. The van der Waals surface area contributed by atoms with Gasteiger partial charge in [-0.15, -0.1) is 0 Å². The third kappa shape index (κ3) is 5.86. The highest BCUT2D eigenvalue weighted by Crippen LogP contribution is 2.29. The third-order valence-electron chi connectivity index (χ3n) is 5.74. The molecule has 1 heterocycles. The summed E-state index contributed by atoms with van der Waals surface area (Å²) < 4.78 is 17.1. The van der Waals surface area contributed by atoms with Gasteiger partial charge in [0.1, 0.15) is 23.1 Å². The van der Waals surface area contributed by atoms with Gasteiger partial charge >= 0.3 is 11.9 Å². The van der Waals surface area contributed by atoms with Crippen molar-refractivity contribution in [2.45, 2.75) is 32.6 Å². The van der Waals surface area contributed by atoms with Gasteiger partial charge in [0.15, 0.2) is 0 Å². The first-order valence-electron chi connectivity index (χ1n) is 11.5. The summed E-state index contributed by atoms with van der Waals surface area (Å²) in [6, 6.07) is 9.71. The van der Waals surface area contributed by atoms with Crippen LogP contribution in [0.25, 0.3) is 11.8 Å². The second-order valence-corrected chi connectivity index (χ2v) is 8.06. The van der Waals surface area contributed by atoms with Crippen LogP contribution in [0.1, 0.15) is 47.2 Å². The van der Waals surface area contributed by atoms with Crippen molar-refractivity contribution in [3.8, 4) is 22.9 Å². The standard InChI is InChI=1S/C27H30N2O7/c1-5-6-7-25-28-16-19(29(25)23-11-10-20(34-2)14-22(23)27(33)36-4)13-18(26(31)32)12-17-8-9-21(35-3)15-24(17)30/h8-11,13-16,30H,5-7,12H2,1-4H3,(H,31,32)/b18-13+. The molecule has 0 bridgehead atoms. The molecule has 190 valence electrons. The number of phenols is 1. The predicted molar refractivity (Wildman–Crippen MR) is 134 cm³/mol. The van der Waals surface area contributed by atoms with Crippen LogP contribution in [0.2, 0.25) is 0 Å². The minimum atomic E-state index is -1.14. The Labute approximate surface area is 209 Å². The maximum Gasteiger partial charge on any atom is 0.340 e. The Balaban J connectivity index is 2.16. The molecule has 0 spiro atoms. The van der Waals surface area contributed by atoms with Gasteiger partial charge in [-0.1, -0.05) is 19.4 Å². The minimum absolute atomic E-state index is 0.0341. The summed E-state index contributed by atoms with van der Waals surface area (Å²) in [7, 11) is 4.28. The van der Waals surface area contributed by atoms with E-state index in [1.54, 1.807) is 41.1 Å². The van der Waals surface area contributed by atoms with Crippen molar-refractivity contribution in [2.75, 3.05) is 21.3 Å². The van der Waals surface area contributed by atoms with Crippen LogP contribution in [0.15, 0.2) is 48.2 Å². The Hall–Kier alpha value is -4.27. The first-order valence-corrected chi connectivity index (χ1v) is 11.5. The van der Waals surface area contributed by atoms with Crippen molar-refractivity contribution in [1.29, 1.82) is 0 Å². The number of phenolic OH excluding ortho intramolecular Hbond substituents is 1. The van der Waals surface area contributed by atoms with Crippen molar-refractivity contribution in [2.24, 2.45) is 0 Å². The molecule has 3 rings (SSSR count). The maximum atomic E-state index is 12.6. The molecular weight excluding hydrogens is 464 g/mol. The van der Waals surface area contributed by atoms with Crippen molar-refractivity contribution in [3.05, 3.63) is 70.8 Å². The fourth-order valence-electron chi connectivity index (χ4n) is 3.80. The summed E-state index contributed by atoms with van der Waals surface area (Å²) in [5, 5.41) is 20.3. The molecule has 0 atom stereocenters. The van der Waals surface area contributed by atoms with Gasteiger partial charge in [0.25, 0.3) is 0 Å². The molecule has 0 amide bonds. The molecule has 1 aromatic heterocycles. The smallest absolute Gasteiger partial charge is 0.340 e. The zero-order chi connectivity index (χ0) is 26.2. The number of ether oxygens (including phenoxy) is 3. The van der Waals surface area contributed by atoms with Gasteiger partial charge in [0.05, 0.1) is 44.5 Å². The number of carbonyl (C=O) groups excluding carboxylic acids is 1. The van der Waals surface area contributed by atoms with E-state index in [2.05, 4.69) is 11.9 Å². The third-order valence-corrected chi connectivity index (χ3v) is 5.74. The average Bonchev–Trinajstić information content (AvgIpc) is 3.28. The van der Waals surface area contributed by atoms with Crippen LogP contribution in [-0.4, -0.2) is 53.0 Å². The van der Waals surface area contributed by atoms with Gasteiger partial charge in [0, 0.05) is 24.5 Å². The number of hydrogen-bond acceptors (Lipinski definition) is 7. The SMILES string of the molecule is CCCCc1ncc(/C=C(\Cc2ccc(OC)cc2O)C(=O)O)n1-c1ccc(OC)cc1C(=O)OC. The van der Waals surface area contributed by atoms with E-state index in [-0.39, 0.29) is 23.3 Å². The molecule has 0 aliphatic heterocycles. The zero-order valence-corrected chi connectivity index (χ0v) is 20.8. The highest BCUT2D eigenvalue weighted by Gasteiger charge is 2.21. The number of benzene rings is 2. The molecule has 0 fully saturated rings. The first-order chi connectivity index (χ1) is 17.3. The van der Waals surface area contributed by atoms with Gasteiger partial charge in [-0.25, -0.2) is 14.6 Å². The van der Waals surface area contributed by atoms with Crippen LogP contribution in [0, 0.1) is 0 Å². The summed E-state index contributed by atoms with van der Waals surface area (Å²) in [5.41, 5.74) is 1.69. The lowest BCUT2D eigenvalue weighted by atomic mass is 10.0. The van der Waals surface area contributed by atoms with E-state index in [0.717, 1.165) is 12.8 Å². The number of imidazole rings is 1. The largest absolute Gasteiger partial charge is 0.508 e. The maximum absolute atomic E-state index is 12.6. The Morgan fingerprint density at radius 3 is 2.36 bits per heavy atom. The van der Waals surface area contributed by atoms with Crippen molar-refractivity contribution in [1.82, 2.24) is 9.55 Å². The average molecular weight is 495 g/mol. The zero-order valence-electron chi connectivity index (χ0n) is 20.8. The topological polar surface area (TPSA) is 120 Å². The lowest BCUT2D eigenvalue weighted by Gasteiger charge is -2.16. The minimum Gasteiger partial charge on any atom is -0.508 e. The van der Waals surface area contributed by atoms with E-state index in [4.69, 9.17) is 14.2 Å². The number of methoxy groups -OCH3 is 3. The molecule has 0 aliphatic rings. The van der Waals surface area contributed by atoms with Gasteiger partial charge in [-0.2, -0.15) is 0 Å². The van der Waals surface area contributed by atoms with E-state index in [1.807, 2.05) is 0 Å². The lowest BCUT2D eigenvalue weighted by molar-refractivity contribution is -0.132. The molecule has 2 aromatic carbocycles. The number of nitrogens with zero attached hydrogens (tertiary/aromatic N) is 2. The Morgan fingerprint density at radius 1 is 1.06 bits per heavy atom. The molecule has 0 radical (unpaired) electrons. The molecule has 0 saturated heterocycles. The summed E-state index contributed by atoms with van der Waals surface area (Å²) in [5.74, 6) is -0.151. The van der Waals surface area contributed by atoms with Crippen molar-refractivity contribution >= 4 is 18.0 Å². The Morgan fingerprint density at radius 2 is 1.75 bits per heavy atom. The number of unbranched alkanes of at least 4 members (excludes halogenated alkanes) is 1. The molecular formula is C27H30N2O7. The second kappa shape index (κ2) is 11.9. The number of esters is 1. The fourth-order valence-corrected chi connectivity index (χ4v) is 3.80. The van der Waals surface area contributed by atoms with Gasteiger partial charge in [-0.05, 0) is 42.3 Å². The van der Waals surface area contributed by atoms with Gasteiger partial charge in [-0.3, -0.25) is 4.57 Å². The molecule has 9 heteroatoms. The number of rotatable bonds is 11. The van der Waals surface area contributed by atoms with E-state index in [1.165, 1.54) is 33.5 Å². The van der Waals surface area contributed by atoms with E-state index in [0.29, 0.717) is 40.7 Å². The predicted octanol–water partition coefficient (Wildman–Crippen LogP) is 4.44. The summed E-state index contributed by atoms with van der Waals surface area (Å²) in [6.07, 6.45) is 5.45. The number of aliphatic carboxylic acids is 1. The number of carbonyl (C=O) groups is 2. The molecule has 0 unspecified atom stereocenters. The number of carboxylic acid groups (broad SMARTS) is 1. The summed E-state index contributed by atoms with van der Waals surface area (Å²) >= 11 is 0. The molecule has 0 aliphatic carbocycles.